The van der Waals surface area contributed by atoms with Gasteiger partial charge in [0.25, 0.3) is 0 Å². The molecule has 0 unspecified atom stereocenters. The molecule has 2 fully saturated rings. The minimum absolute atomic E-state index is 0.0352. The number of benzene rings is 1. The lowest BCUT2D eigenvalue weighted by Gasteiger charge is -2.35. The van der Waals surface area contributed by atoms with E-state index in [0.29, 0.717) is 24.8 Å². The molecule has 3 heterocycles. The van der Waals surface area contributed by atoms with Gasteiger partial charge in [-0.3, -0.25) is 0 Å². The third kappa shape index (κ3) is 5.09. The molecule has 2 aliphatic rings. The average Bonchev–Trinajstić information content (AvgIpc) is 2.85. The molecular weight excluding hydrogens is 474 g/mol. The maximum Gasteiger partial charge on any atom is 0.243 e. The highest BCUT2D eigenvalue weighted by molar-refractivity contribution is 7.89. The Bertz CT molecular complexity index is 1280. The van der Waals surface area contributed by atoms with Gasteiger partial charge in [-0.25, -0.2) is 18.4 Å². The molecule has 2 atom stereocenters. The lowest BCUT2D eigenvalue weighted by atomic mass is 9.92. The van der Waals surface area contributed by atoms with E-state index in [4.69, 9.17) is 0 Å². The van der Waals surface area contributed by atoms with Gasteiger partial charge in [-0.2, -0.15) is 4.31 Å². The van der Waals surface area contributed by atoms with Crippen molar-refractivity contribution < 1.29 is 13.5 Å². The molecule has 1 aliphatic heterocycles. The Balaban J connectivity index is 1.23. The topological polar surface area (TPSA) is 98.7 Å². The molecule has 190 valence electrons. The Kier molecular flexibility index (Phi) is 6.96. The van der Waals surface area contributed by atoms with Crippen molar-refractivity contribution in [1.29, 1.82) is 0 Å². The van der Waals surface area contributed by atoms with Crippen molar-refractivity contribution in [3.8, 4) is 11.1 Å². The van der Waals surface area contributed by atoms with Crippen molar-refractivity contribution in [2.24, 2.45) is 0 Å². The van der Waals surface area contributed by atoms with Crippen LogP contribution in [0.5, 0.6) is 0 Å². The summed E-state index contributed by atoms with van der Waals surface area (Å²) in [7, 11) is -1.63. The van der Waals surface area contributed by atoms with Gasteiger partial charge in [-0.1, -0.05) is 18.2 Å². The molecule has 1 saturated heterocycles. The maximum atomic E-state index is 13.3. The van der Waals surface area contributed by atoms with Crippen molar-refractivity contribution in [2.75, 3.05) is 30.4 Å². The summed E-state index contributed by atoms with van der Waals surface area (Å²) in [6.45, 7) is 2.32. The molecule has 1 saturated carbocycles. The van der Waals surface area contributed by atoms with Gasteiger partial charge in [0.15, 0.2) is 0 Å². The number of aromatic nitrogens is 2. The van der Waals surface area contributed by atoms with Crippen LogP contribution in [0.1, 0.15) is 31.2 Å². The molecule has 0 bridgehead atoms. The van der Waals surface area contributed by atoms with Crippen LogP contribution < -0.4 is 10.2 Å². The number of rotatable bonds is 7. The van der Waals surface area contributed by atoms with Crippen LogP contribution in [-0.4, -0.2) is 66.1 Å². The van der Waals surface area contributed by atoms with Crippen molar-refractivity contribution >= 4 is 21.7 Å². The zero-order chi connectivity index (χ0) is 25.3. The van der Waals surface area contributed by atoms with E-state index in [2.05, 4.69) is 27.2 Å². The average molecular weight is 508 g/mol. The number of pyridine rings is 2. The summed E-state index contributed by atoms with van der Waals surface area (Å²) >= 11 is 0. The second kappa shape index (κ2) is 10.2. The molecule has 1 aliphatic carbocycles. The van der Waals surface area contributed by atoms with Crippen LogP contribution in [0.15, 0.2) is 65.8 Å². The highest BCUT2D eigenvalue weighted by atomic mass is 32.2. The normalized spacial score (nSPS) is 21.1. The summed E-state index contributed by atoms with van der Waals surface area (Å²) in [5.74, 6) is 1.63. The minimum Gasteiger partial charge on any atom is -0.390 e. The molecule has 8 nitrogen and oxygen atoms in total. The quantitative estimate of drug-likeness (QED) is 0.503. The number of β-amino-alcohol motifs (C(OH)–C–C–N with tert-alkyl or cyclic N) is 1. The summed E-state index contributed by atoms with van der Waals surface area (Å²) in [5.41, 5.74) is 2.91. The summed E-state index contributed by atoms with van der Waals surface area (Å²) in [4.78, 5) is 11.4. The number of hydrogen-bond donors (Lipinski definition) is 2. The first-order chi connectivity index (χ1) is 17.3. The number of aliphatic hydroxyl groups excluding tert-OH is 1. The third-order valence-electron chi connectivity index (χ3n) is 7.35. The molecule has 5 rings (SSSR count). The lowest BCUT2D eigenvalue weighted by molar-refractivity contribution is 0.0949. The predicted octanol–water partition coefficient (Wildman–Crippen LogP) is 3.68. The van der Waals surface area contributed by atoms with E-state index in [9.17, 15) is 13.5 Å². The summed E-state index contributed by atoms with van der Waals surface area (Å²) in [6.07, 6.45) is 6.96. The fourth-order valence-corrected chi connectivity index (χ4v) is 6.20. The summed E-state index contributed by atoms with van der Waals surface area (Å²) in [5, 5.41) is 13.9. The zero-order valence-electron chi connectivity index (χ0n) is 20.7. The maximum absolute atomic E-state index is 13.3. The van der Waals surface area contributed by atoms with Gasteiger partial charge >= 0.3 is 0 Å². The van der Waals surface area contributed by atoms with E-state index < -0.39 is 16.1 Å². The second-order valence-electron chi connectivity index (χ2n) is 9.82. The first kappa shape index (κ1) is 24.7. The molecule has 0 spiro atoms. The minimum atomic E-state index is -3.71. The molecule has 2 N–H and O–H groups in total. The third-order valence-corrected chi connectivity index (χ3v) is 9.23. The van der Waals surface area contributed by atoms with E-state index in [1.165, 1.54) is 23.6 Å². The highest BCUT2D eigenvalue weighted by Gasteiger charge is 2.35. The zero-order valence-corrected chi connectivity index (χ0v) is 21.5. The molecule has 36 heavy (non-hydrogen) atoms. The number of nitrogens with one attached hydrogen (secondary N) is 1. The van der Waals surface area contributed by atoms with Crippen molar-refractivity contribution in [1.82, 2.24) is 14.3 Å². The van der Waals surface area contributed by atoms with Crippen LogP contribution in [0, 0.1) is 6.92 Å². The first-order valence-corrected chi connectivity index (χ1v) is 13.9. The fraction of sp³-hybridized carbons (Fsp3) is 0.407. The lowest BCUT2D eigenvalue weighted by Crippen LogP contribution is -2.51. The summed E-state index contributed by atoms with van der Waals surface area (Å²) < 4.78 is 27.9. The molecule has 0 amide bonds. The Hall–Kier alpha value is -3.01. The molecule has 3 aromatic rings. The van der Waals surface area contributed by atoms with E-state index in [1.807, 2.05) is 49.5 Å². The number of nitrogens with zero attached hydrogens (tertiary/aromatic N) is 4. The van der Waals surface area contributed by atoms with Crippen molar-refractivity contribution in [3.63, 3.8) is 0 Å². The van der Waals surface area contributed by atoms with Crippen LogP contribution in [0.3, 0.4) is 0 Å². The van der Waals surface area contributed by atoms with E-state index in [0.717, 1.165) is 22.5 Å². The van der Waals surface area contributed by atoms with Crippen LogP contribution >= 0.6 is 0 Å². The number of sulfonamides is 1. The van der Waals surface area contributed by atoms with Crippen molar-refractivity contribution in [2.45, 2.75) is 55.7 Å². The van der Waals surface area contributed by atoms with Crippen molar-refractivity contribution in [3.05, 3.63) is 66.5 Å². The van der Waals surface area contributed by atoms with Gasteiger partial charge in [-0.05, 0) is 74.1 Å². The monoisotopic (exact) mass is 507 g/mol. The van der Waals surface area contributed by atoms with Gasteiger partial charge in [0.1, 0.15) is 11.6 Å². The van der Waals surface area contributed by atoms with E-state index in [-0.39, 0.29) is 17.5 Å². The molecular formula is C27H33N5O3S. The Morgan fingerprint density at radius 1 is 0.972 bits per heavy atom. The number of piperidine rings is 1. The van der Waals surface area contributed by atoms with E-state index in [1.54, 1.807) is 18.3 Å². The van der Waals surface area contributed by atoms with Gasteiger partial charge in [-0.15, -0.1) is 0 Å². The largest absolute Gasteiger partial charge is 0.390 e. The Morgan fingerprint density at radius 3 is 2.31 bits per heavy atom. The smallest absolute Gasteiger partial charge is 0.243 e. The molecule has 1 aromatic carbocycles. The number of aliphatic hydroxyl groups is 1. The highest BCUT2D eigenvalue weighted by Crippen LogP contribution is 2.29. The van der Waals surface area contributed by atoms with Crippen LogP contribution in [0.25, 0.3) is 11.1 Å². The number of hydrogen-bond acceptors (Lipinski definition) is 7. The molecule has 2 aromatic heterocycles. The molecule has 0 radical (unpaired) electrons. The van der Waals surface area contributed by atoms with Gasteiger partial charge in [0.2, 0.25) is 10.0 Å². The van der Waals surface area contributed by atoms with Gasteiger partial charge in [0, 0.05) is 44.1 Å². The second-order valence-corrected chi connectivity index (χ2v) is 11.8. The number of anilines is 2. The summed E-state index contributed by atoms with van der Waals surface area (Å²) in [6, 6.07) is 15.1. The predicted molar refractivity (Wildman–Crippen MR) is 141 cm³/mol. The molecule has 9 heteroatoms. The first-order valence-electron chi connectivity index (χ1n) is 12.5. The Morgan fingerprint density at radius 2 is 1.72 bits per heavy atom. The van der Waals surface area contributed by atoms with Gasteiger partial charge < -0.3 is 15.3 Å². The Labute approximate surface area is 213 Å². The standard InChI is InChI=1S/C27H33N5O3S/c1-19-6-12-26(28-16-19)30-24-14-15-32(18-25(24)33)36(34,35)23-10-7-20(8-11-23)21-9-13-27(29-17-21)31(2)22-4-3-5-22/h6-13,16-17,22,24-25,33H,3-5,14-15,18H2,1-2H3,(H,28,30)/t24-,25+/m1/s1. The van der Waals surface area contributed by atoms with E-state index >= 15 is 0 Å². The fourth-order valence-electron chi connectivity index (χ4n) is 4.73. The van der Waals surface area contributed by atoms with Crippen LogP contribution in [0.4, 0.5) is 11.6 Å². The number of aryl methyl sites for hydroxylation is 1. The van der Waals surface area contributed by atoms with Crippen LogP contribution in [-0.2, 0) is 10.0 Å². The van der Waals surface area contributed by atoms with Gasteiger partial charge in [0.05, 0.1) is 17.0 Å². The SMILES string of the molecule is Cc1ccc(N[C@@H]2CCN(S(=O)(=O)c3ccc(-c4ccc(N(C)C5CCC5)nc4)cc3)C[C@@H]2O)nc1. The van der Waals surface area contributed by atoms with Crippen LogP contribution in [0.2, 0.25) is 0 Å².